The van der Waals surface area contributed by atoms with Gasteiger partial charge in [-0.15, -0.1) is 0 Å². The van der Waals surface area contributed by atoms with Gasteiger partial charge in [0, 0.05) is 67.7 Å². The Balaban J connectivity index is 0.997. The van der Waals surface area contributed by atoms with Crippen LogP contribution in [0.5, 0.6) is 11.6 Å². The molecule has 0 saturated carbocycles. The molecule has 41 heavy (non-hydrogen) atoms. The van der Waals surface area contributed by atoms with Crippen molar-refractivity contribution < 1.29 is 23.8 Å². The summed E-state index contributed by atoms with van der Waals surface area (Å²) in [5, 5.41) is 14.6. The first-order valence-electron chi connectivity index (χ1n) is 14.7. The molecule has 0 spiro atoms. The largest absolute Gasteiger partial charge is 0.488 e. The average Bonchev–Trinajstić information content (AvgIpc) is 3.56. The first-order chi connectivity index (χ1) is 19.9. The van der Waals surface area contributed by atoms with E-state index in [0.717, 1.165) is 92.4 Å². The van der Waals surface area contributed by atoms with Crippen molar-refractivity contribution in [2.24, 2.45) is 0 Å². The van der Waals surface area contributed by atoms with Crippen molar-refractivity contribution in [3.8, 4) is 11.6 Å². The molecule has 1 amide bonds. The van der Waals surface area contributed by atoms with Gasteiger partial charge in [-0.05, 0) is 74.9 Å². The number of aliphatic hydroxyl groups is 1. The SMILES string of the molecule is Cc1cc2occ(COc3cccc4[nH]c(OC(=O)NC5CCN(CCN6CCC(O)CC6)CC5)cc34)c2cc1C. The van der Waals surface area contributed by atoms with Crippen LogP contribution in [0, 0.1) is 13.8 Å². The van der Waals surface area contributed by atoms with Crippen molar-refractivity contribution >= 4 is 28.0 Å². The summed E-state index contributed by atoms with van der Waals surface area (Å²) in [6.07, 6.45) is 4.74. The van der Waals surface area contributed by atoms with Gasteiger partial charge < -0.3 is 39.1 Å². The number of aliphatic hydroxyl groups excluding tert-OH is 1. The molecule has 2 aliphatic rings. The van der Waals surface area contributed by atoms with Crippen LogP contribution < -0.4 is 14.8 Å². The summed E-state index contributed by atoms with van der Waals surface area (Å²) >= 11 is 0. The molecule has 2 aromatic heterocycles. The molecule has 0 unspecified atom stereocenters. The number of fused-ring (bicyclic) bond motifs is 2. The quantitative estimate of drug-likeness (QED) is 0.275. The molecule has 218 valence electrons. The Morgan fingerprint density at radius 1 is 1.00 bits per heavy atom. The van der Waals surface area contributed by atoms with E-state index in [4.69, 9.17) is 13.9 Å². The number of carbonyl (C=O) groups excluding carboxylic acids is 1. The topological polar surface area (TPSA) is 103 Å². The maximum atomic E-state index is 12.7. The third kappa shape index (κ3) is 6.53. The van der Waals surface area contributed by atoms with Gasteiger partial charge in [-0.2, -0.15) is 0 Å². The number of hydrogen-bond donors (Lipinski definition) is 3. The van der Waals surface area contributed by atoms with Crippen LogP contribution in [0.2, 0.25) is 0 Å². The zero-order valence-corrected chi connectivity index (χ0v) is 23.9. The number of ether oxygens (including phenoxy) is 2. The smallest absolute Gasteiger partial charge is 0.414 e. The minimum absolute atomic E-state index is 0.101. The van der Waals surface area contributed by atoms with Crippen molar-refractivity contribution in [2.75, 3.05) is 39.3 Å². The highest BCUT2D eigenvalue weighted by Crippen LogP contribution is 2.31. The monoisotopic (exact) mass is 560 g/mol. The maximum absolute atomic E-state index is 12.7. The molecule has 2 fully saturated rings. The molecule has 2 saturated heterocycles. The fourth-order valence-corrected chi connectivity index (χ4v) is 5.91. The third-order valence-corrected chi connectivity index (χ3v) is 8.65. The van der Waals surface area contributed by atoms with Gasteiger partial charge in [0.1, 0.15) is 17.9 Å². The van der Waals surface area contributed by atoms with Crippen LogP contribution in [-0.2, 0) is 6.61 Å². The van der Waals surface area contributed by atoms with E-state index >= 15 is 0 Å². The molecule has 0 aliphatic carbocycles. The van der Waals surface area contributed by atoms with Crippen LogP contribution >= 0.6 is 0 Å². The second-order valence-corrected chi connectivity index (χ2v) is 11.6. The zero-order valence-electron chi connectivity index (χ0n) is 23.9. The summed E-state index contributed by atoms with van der Waals surface area (Å²) in [6.45, 7) is 10.5. The van der Waals surface area contributed by atoms with Crippen molar-refractivity contribution in [1.29, 1.82) is 0 Å². The summed E-state index contributed by atoms with van der Waals surface area (Å²) in [5.74, 6) is 1.10. The van der Waals surface area contributed by atoms with E-state index in [9.17, 15) is 9.90 Å². The number of carbonyl (C=O) groups is 1. The van der Waals surface area contributed by atoms with E-state index in [0.29, 0.717) is 18.2 Å². The van der Waals surface area contributed by atoms with E-state index < -0.39 is 6.09 Å². The van der Waals surface area contributed by atoms with Crippen molar-refractivity contribution in [2.45, 2.75) is 58.3 Å². The van der Waals surface area contributed by atoms with Gasteiger partial charge in [-0.1, -0.05) is 6.07 Å². The lowest BCUT2D eigenvalue weighted by Gasteiger charge is -2.35. The number of piperidine rings is 2. The number of hydrogen-bond acceptors (Lipinski definition) is 7. The second kappa shape index (κ2) is 12.1. The fraction of sp³-hybridized carbons (Fsp3) is 0.469. The Morgan fingerprint density at radius 3 is 2.46 bits per heavy atom. The number of amides is 1. The van der Waals surface area contributed by atoms with Gasteiger partial charge >= 0.3 is 6.09 Å². The number of aromatic amines is 1. The highest BCUT2D eigenvalue weighted by molar-refractivity contribution is 5.88. The Morgan fingerprint density at radius 2 is 1.71 bits per heavy atom. The van der Waals surface area contributed by atoms with E-state index in [2.05, 4.69) is 46.1 Å². The van der Waals surface area contributed by atoms with E-state index in [1.165, 1.54) is 11.1 Å². The minimum atomic E-state index is -0.445. The Bertz CT molecular complexity index is 1490. The predicted molar refractivity (Wildman–Crippen MR) is 159 cm³/mol. The van der Waals surface area contributed by atoms with Crippen LogP contribution in [0.1, 0.15) is 42.4 Å². The maximum Gasteiger partial charge on any atom is 0.414 e. The highest BCUT2D eigenvalue weighted by Gasteiger charge is 2.23. The molecule has 2 aliphatic heterocycles. The molecule has 4 aromatic rings. The van der Waals surface area contributed by atoms with E-state index in [-0.39, 0.29) is 12.1 Å². The standard InChI is InChI=1S/C32H40N4O5/c1-21-16-26-23(20-40-30(26)17-22(21)2)19-39-29-5-3-4-28-27(29)18-31(34-28)41-32(38)33-24-6-10-35(11-7-24)14-15-36-12-8-25(37)9-13-36/h3-5,16-18,20,24-25,34,37H,6-15,19H2,1-2H3,(H,33,38). The van der Waals surface area contributed by atoms with Crippen LogP contribution in [0.25, 0.3) is 21.9 Å². The molecule has 2 aromatic carbocycles. The number of rotatable bonds is 8. The lowest BCUT2D eigenvalue weighted by atomic mass is 10.1. The summed E-state index contributed by atoms with van der Waals surface area (Å²) in [5.41, 5.74) is 5.10. The minimum Gasteiger partial charge on any atom is -0.488 e. The van der Waals surface area contributed by atoms with Crippen molar-refractivity contribution in [3.05, 3.63) is 59.4 Å². The molecule has 3 N–H and O–H groups in total. The van der Waals surface area contributed by atoms with Gasteiger partial charge in [0.2, 0.25) is 5.88 Å². The van der Waals surface area contributed by atoms with Crippen molar-refractivity contribution in [1.82, 2.24) is 20.1 Å². The van der Waals surface area contributed by atoms with Crippen LogP contribution in [0.3, 0.4) is 0 Å². The molecule has 9 heteroatoms. The van der Waals surface area contributed by atoms with Crippen LogP contribution in [0.15, 0.2) is 47.1 Å². The number of nitrogens with one attached hydrogen (secondary N) is 2. The number of aromatic nitrogens is 1. The molecule has 6 rings (SSSR count). The molecule has 4 heterocycles. The van der Waals surface area contributed by atoms with E-state index in [1.807, 2.05) is 24.3 Å². The van der Waals surface area contributed by atoms with Gasteiger partial charge in [0.25, 0.3) is 0 Å². The Kier molecular flexibility index (Phi) is 8.18. The van der Waals surface area contributed by atoms with Crippen LogP contribution in [-0.4, -0.2) is 77.4 Å². The van der Waals surface area contributed by atoms with E-state index in [1.54, 1.807) is 6.26 Å². The summed E-state index contributed by atoms with van der Waals surface area (Å²) in [6, 6.07) is 11.9. The normalized spacial score (nSPS) is 17.8. The molecule has 0 bridgehead atoms. The third-order valence-electron chi connectivity index (χ3n) is 8.65. The lowest BCUT2D eigenvalue weighted by Crippen LogP contribution is -2.47. The number of likely N-dealkylation sites (tertiary alicyclic amines) is 2. The number of aryl methyl sites for hydroxylation is 2. The molecule has 0 radical (unpaired) electrons. The first-order valence-corrected chi connectivity index (χ1v) is 14.7. The van der Waals surface area contributed by atoms with Gasteiger partial charge in [0.05, 0.1) is 17.9 Å². The number of nitrogens with zero attached hydrogens (tertiary/aromatic N) is 2. The number of furan rings is 1. The Labute approximate surface area is 240 Å². The van der Waals surface area contributed by atoms with Gasteiger partial charge in [-0.25, -0.2) is 4.79 Å². The first kappa shape index (κ1) is 27.6. The second-order valence-electron chi connectivity index (χ2n) is 11.6. The fourth-order valence-electron chi connectivity index (χ4n) is 5.91. The number of H-pyrrole nitrogens is 1. The lowest BCUT2D eigenvalue weighted by molar-refractivity contribution is 0.0739. The summed E-state index contributed by atoms with van der Waals surface area (Å²) < 4.78 is 17.6. The summed E-state index contributed by atoms with van der Waals surface area (Å²) in [7, 11) is 0. The average molecular weight is 561 g/mol. The van der Waals surface area contributed by atoms with Gasteiger partial charge in [0.15, 0.2) is 0 Å². The predicted octanol–water partition coefficient (Wildman–Crippen LogP) is 5.12. The Hall–Kier alpha value is -3.53. The molecular weight excluding hydrogens is 520 g/mol. The zero-order chi connectivity index (χ0) is 28.3. The molecular formula is C32H40N4O5. The number of benzene rings is 2. The van der Waals surface area contributed by atoms with Crippen molar-refractivity contribution in [3.63, 3.8) is 0 Å². The highest BCUT2D eigenvalue weighted by atomic mass is 16.6. The summed E-state index contributed by atoms with van der Waals surface area (Å²) in [4.78, 5) is 20.8. The molecule has 9 nitrogen and oxygen atoms in total. The van der Waals surface area contributed by atoms with Crippen LogP contribution in [0.4, 0.5) is 4.79 Å². The van der Waals surface area contributed by atoms with Gasteiger partial charge in [-0.3, -0.25) is 0 Å². The molecule has 0 atom stereocenters.